The van der Waals surface area contributed by atoms with Gasteiger partial charge >= 0.3 is 0 Å². The number of imide groups is 1. The summed E-state index contributed by atoms with van der Waals surface area (Å²) in [4.78, 5) is 26.0. The van der Waals surface area contributed by atoms with Gasteiger partial charge in [-0.2, -0.15) is 0 Å². The molecule has 4 nitrogen and oxygen atoms in total. The summed E-state index contributed by atoms with van der Waals surface area (Å²) in [6.45, 7) is 3.54. The molecule has 2 fully saturated rings. The highest BCUT2D eigenvalue weighted by atomic mass is 16.3. The average molecular weight is 239 g/mol. The van der Waals surface area contributed by atoms with Crippen LogP contribution in [0.3, 0.4) is 0 Å². The van der Waals surface area contributed by atoms with Crippen molar-refractivity contribution in [2.24, 2.45) is 11.8 Å². The van der Waals surface area contributed by atoms with E-state index in [9.17, 15) is 14.7 Å². The summed E-state index contributed by atoms with van der Waals surface area (Å²) in [5, 5.41) is 9.47. The van der Waals surface area contributed by atoms with Crippen LogP contribution in [0.15, 0.2) is 0 Å². The Labute approximate surface area is 102 Å². The Morgan fingerprint density at radius 1 is 1.24 bits per heavy atom. The van der Waals surface area contributed by atoms with Crippen molar-refractivity contribution in [2.45, 2.75) is 51.5 Å². The van der Waals surface area contributed by atoms with Crippen LogP contribution in [0.4, 0.5) is 0 Å². The van der Waals surface area contributed by atoms with Gasteiger partial charge in [-0.3, -0.25) is 14.5 Å². The zero-order valence-electron chi connectivity index (χ0n) is 10.6. The molecule has 0 bridgehead atoms. The van der Waals surface area contributed by atoms with Gasteiger partial charge in [0.2, 0.25) is 11.8 Å². The number of likely N-dealkylation sites (tertiary alicyclic amines) is 1. The fraction of sp³-hybridized carbons (Fsp3) is 0.846. The lowest BCUT2D eigenvalue weighted by Crippen LogP contribution is -2.52. The topological polar surface area (TPSA) is 57.6 Å². The number of rotatable bonds is 3. The van der Waals surface area contributed by atoms with Crippen LogP contribution in [0.25, 0.3) is 0 Å². The number of aliphatic hydroxyl groups excluding tert-OH is 1. The second-order valence-corrected chi connectivity index (χ2v) is 5.52. The van der Waals surface area contributed by atoms with Crippen LogP contribution in [0.2, 0.25) is 0 Å². The maximum absolute atomic E-state index is 12.3. The van der Waals surface area contributed by atoms with Gasteiger partial charge in [-0.15, -0.1) is 0 Å². The first-order valence-corrected chi connectivity index (χ1v) is 6.54. The van der Waals surface area contributed by atoms with Crippen molar-refractivity contribution in [1.82, 2.24) is 4.90 Å². The van der Waals surface area contributed by atoms with Gasteiger partial charge in [-0.1, -0.05) is 19.8 Å². The minimum Gasteiger partial charge on any atom is -0.394 e. The van der Waals surface area contributed by atoms with Crippen LogP contribution in [0.1, 0.15) is 46.0 Å². The van der Waals surface area contributed by atoms with Crippen LogP contribution in [-0.4, -0.2) is 34.0 Å². The van der Waals surface area contributed by atoms with Gasteiger partial charge in [0.25, 0.3) is 0 Å². The Morgan fingerprint density at radius 3 is 2.06 bits per heavy atom. The van der Waals surface area contributed by atoms with E-state index in [1.807, 2.05) is 6.92 Å². The van der Waals surface area contributed by atoms with Crippen molar-refractivity contribution < 1.29 is 14.7 Å². The summed E-state index contributed by atoms with van der Waals surface area (Å²) < 4.78 is 0. The van der Waals surface area contributed by atoms with Crippen LogP contribution in [0, 0.1) is 11.8 Å². The first-order chi connectivity index (χ1) is 8.05. The van der Waals surface area contributed by atoms with E-state index in [1.165, 1.54) is 4.90 Å². The second-order valence-electron chi connectivity index (χ2n) is 5.52. The van der Waals surface area contributed by atoms with E-state index in [0.29, 0.717) is 6.42 Å². The van der Waals surface area contributed by atoms with E-state index in [1.54, 1.807) is 6.92 Å². The molecule has 1 heterocycles. The van der Waals surface area contributed by atoms with E-state index in [4.69, 9.17) is 0 Å². The molecule has 1 N–H and O–H groups in total. The Balaban J connectivity index is 2.30. The summed E-state index contributed by atoms with van der Waals surface area (Å²) >= 11 is 0. The van der Waals surface area contributed by atoms with Crippen LogP contribution >= 0.6 is 0 Å². The Kier molecular flexibility index (Phi) is 3.25. The number of carbonyl (C=O) groups excluding carboxylic acids is 2. The van der Waals surface area contributed by atoms with Crippen molar-refractivity contribution in [1.29, 1.82) is 0 Å². The SMILES string of the molecule is CCC(C)(CO)N1C(=O)C2CCCCC2C1=O. The lowest BCUT2D eigenvalue weighted by atomic mass is 9.81. The lowest BCUT2D eigenvalue weighted by molar-refractivity contribution is -0.148. The normalized spacial score (nSPS) is 32.5. The van der Waals surface area contributed by atoms with Crippen molar-refractivity contribution in [3.63, 3.8) is 0 Å². The molecule has 0 aromatic carbocycles. The highest BCUT2D eigenvalue weighted by molar-refractivity contribution is 6.06. The molecule has 1 saturated carbocycles. The van der Waals surface area contributed by atoms with Gasteiger partial charge in [0, 0.05) is 0 Å². The minimum atomic E-state index is -0.717. The molecule has 0 radical (unpaired) electrons. The summed E-state index contributed by atoms with van der Waals surface area (Å²) in [5.74, 6) is -0.349. The van der Waals surface area contributed by atoms with Gasteiger partial charge in [0.15, 0.2) is 0 Å². The third-order valence-corrected chi connectivity index (χ3v) is 4.48. The lowest BCUT2D eigenvalue weighted by Gasteiger charge is -2.35. The Hall–Kier alpha value is -0.900. The molecular formula is C13H21NO3. The molecule has 1 aliphatic carbocycles. The number of carbonyl (C=O) groups is 2. The predicted molar refractivity (Wildman–Crippen MR) is 63.1 cm³/mol. The molecule has 0 aromatic rings. The van der Waals surface area contributed by atoms with Crippen LogP contribution in [-0.2, 0) is 9.59 Å². The number of nitrogens with zero attached hydrogens (tertiary/aromatic N) is 1. The van der Waals surface area contributed by atoms with Crippen LogP contribution < -0.4 is 0 Å². The van der Waals surface area contributed by atoms with E-state index in [2.05, 4.69) is 0 Å². The Bertz CT molecular complexity index is 312. The molecule has 17 heavy (non-hydrogen) atoms. The monoisotopic (exact) mass is 239 g/mol. The standard InChI is InChI=1S/C13H21NO3/c1-3-13(2,8-15)14-11(16)9-6-4-5-7-10(9)12(14)17/h9-10,15H,3-8H2,1-2H3. The fourth-order valence-corrected chi connectivity index (χ4v) is 3.03. The van der Waals surface area contributed by atoms with Crippen molar-refractivity contribution in [3.05, 3.63) is 0 Å². The van der Waals surface area contributed by atoms with Gasteiger partial charge in [-0.25, -0.2) is 0 Å². The van der Waals surface area contributed by atoms with Gasteiger partial charge in [-0.05, 0) is 26.2 Å². The number of hydrogen-bond donors (Lipinski definition) is 1. The Morgan fingerprint density at radius 2 is 1.71 bits per heavy atom. The fourth-order valence-electron chi connectivity index (χ4n) is 3.03. The average Bonchev–Trinajstić information content (AvgIpc) is 2.62. The molecular weight excluding hydrogens is 218 g/mol. The van der Waals surface area contributed by atoms with Gasteiger partial charge in [0.05, 0.1) is 24.0 Å². The van der Waals surface area contributed by atoms with E-state index in [-0.39, 0.29) is 30.3 Å². The molecule has 1 aliphatic heterocycles. The molecule has 0 spiro atoms. The van der Waals surface area contributed by atoms with E-state index >= 15 is 0 Å². The van der Waals surface area contributed by atoms with E-state index in [0.717, 1.165) is 25.7 Å². The summed E-state index contributed by atoms with van der Waals surface area (Å²) in [6, 6.07) is 0. The quantitative estimate of drug-likeness (QED) is 0.756. The maximum atomic E-state index is 12.3. The van der Waals surface area contributed by atoms with Crippen molar-refractivity contribution in [2.75, 3.05) is 6.61 Å². The molecule has 2 amide bonds. The van der Waals surface area contributed by atoms with E-state index < -0.39 is 5.54 Å². The van der Waals surface area contributed by atoms with Gasteiger partial charge in [0.1, 0.15) is 0 Å². The first-order valence-electron chi connectivity index (χ1n) is 6.54. The second kappa shape index (κ2) is 4.41. The molecule has 96 valence electrons. The molecule has 3 unspecified atom stereocenters. The molecule has 2 rings (SSSR count). The highest BCUT2D eigenvalue weighted by Crippen LogP contribution is 2.41. The molecule has 0 aromatic heterocycles. The van der Waals surface area contributed by atoms with Crippen molar-refractivity contribution in [3.8, 4) is 0 Å². The van der Waals surface area contributed by atoms with Gasteiger partial charge < -0.3 is 5.11 Å². The van der Waals surface area contributed by atoms with Crippen LogP contribution in [0.5, 0.6) is 0 Å². The number of aliphatic hydroxyl groups is 1. The van der Waals surface area contributed by atoms with Crippen molar-refractivity contribution >= 4 is 11.8 Å². The third-order valence-electron chi connectivity index (χ3n) is 4.48. The first kappa shape index (κ1) is 12.6. The summed E-state index contributed by atoms with van der Waals surface area (Å²) in [7, 11) is 0. The summed E-state index contributed by atoms with van der Waals surface area (Å²) in [6.07, 6.45) is 4.33. The number of hydrogen-bond acceptors (Lipinski definition) is 3. The zero-order chi connectivity index (χ0) is 12.6. The third kappa shape index (κ3) is 1.79. The molecule has 2 aliphatic rings. The molecule has 3 atom stereocenters. The largest absolute Gasteiger partial charge is 0.394 e. The smallest absolute Gasteiger partial charge is 0.233 e. The minimum absolute atomic E-state index is 0.0573. The highest BCUT2D eigenvalue weighted by Gasteiger charge is 2.53. The molecule has 1 saturated heterocycles. The summed E-state index contributed by atoms with van der Waals surface area (Å²) in [5.41, 5.74) is -0.717. The predicted octanol–water partition coefficient (Wildman–Crippen LogP) is 1.32. The number of amides is 2. The molecule has 4 heteroatoms. The maximum Gasteiger partial charge on any atom is 0.233 e. The zero-order valence-corrected chi connectivity index (χ0v) is 10.6. The number of fused-ring (bicyclic) bond motifs is 1.